The quantitative estimate of drug-likeness (QED) is 0.876. The Kier molecular flexibility index (Phi) is 4.10. The highest BCUT2D eigenvalue weighted by Gasteiger charge is 2.12. The lowest BCUT2D eigenvalue weighted by Crippen LogP contribution is -2.07. The van der Waals surface area contributed by atoms with E-state index in [2.05, 4.69) is 12.2 Å². The van der Waals surface area contributed by atoms with Crippen molar-refractivity contribution in [1.29, 1.82) is 0 Å². The molecule has 1 N–H and O–H groups in total. The van der Waals surface area contributed by atoms with Crippen LogP contribution in [0.25, 0.3) is 6.08 Å². The van der Waals surface area contributed by atoms with Crippen molar-refractivity contribution in [3.05, 3.63) is 59.7 Å². The monoisotopic (exact) mass is 295 g/mol. The van der Waals surface area contributed by atoms with Crippen LogP contribution in [0.1, 0.15) is 18.1 Å². The maximum Gasteiger partial charge on any atom is 0.248 e. The third-order valence-electron chi connectivity index (χ3n) is 3.43. The van der Waals surface area contributed by atoms with Gasteiger partial charge in [0.15, 0.2) is 11.5 Å². The lowest BCUT2D eigenvalue weighted by atomic mass is 10.1. The summed E-state index contributed by atoms with van der Waals surface area (Å²) in [6.07, 6.45) is 4.20. The van der Waals surface area contributed by atoms with Crippen LogP contribution in [0.2, 0.25) is 0 Å². The molecule has 0 bridgehead atoms. The van der Waals surface area contributed by atoms with Crippen LogP contribution in [0.5, 0.6) is 11.5 Å². The Hall–Kier alpha value is -2.75. The summed E-state index contributed by atoms with van der Waals surface area (Å²) in [6, 6.07) is 13.4. The van der Waals surface area contributed by atoms with E-state index in [-0.39, 0.29) is 12.7 Å². The van der Waals surface area contributed by atoms with Gasteiger partial charge in [-0.3, -0.25) is 4.79 Å². The molecule has 0 radical (unpaired) electrons. The number of carbonyl (C=O) groups excluding carboxylic acids is 1. The average molecular weight is 295 g/mol. The Labute approximate surface area is 129 Å². The molecule has 0 fully saturated rings. The molecule has 0 saturated heterocycles. The summed E-state index contributed by atoms with van der Waals surface area (Å²) in [5, 5.41) is 2.86. The first-order chi connectivity index (χ1) is 10.7. The van der Waals surface area contributed by atoms with Gasteiger partial charge in [-0.05, 0) is 47.9 Å². The summed E-state index contributed by atoms with van der Waals surface area (Å²) in [7, 11) is 0. The fourth-order valence-corrected chi connectivity index (χ4v) is 2.24. The van der Waals surface area contributed by atoms with Gasteiger partial charge in [0, 0.05) is 11.8 Å². The second kappa shape index (κ2) is 6.35. The predicted octanol–water partition coefficient (Wildman–Crippen LogP) is 3.63. The highest BCUT2D eigenvalue weighted by atomic mass is 16.7. The smallest absolute Gasteiger partial charge is 0.248 e. The summed E-state index contributed by atoms with van der Waals surface area (Å²) in [6.45, 7) is 2.33. The fraction of sp³-hybridized carbons (Fsp3) is 0.167. The van der Waals surface area contributed by atoms with Gasteiger partial charge >= 0.3 is 0 Å². The molecule has 4 nitrogen and oxygen atoms in total. The molecule has 0 aliphatic carbocycles. The zero-order valence-corrected chi connectivity index (χ0v) is 12.3. The maximum absolute atomic E-state index is 12.0. The number of aryl methyl sites for hydroxylation is 1. The largest absolute Gasteiger partial charge is 0.454 e. The Morgan fingerprint density at radius 3 is 2.91 bits per heavy atom. The number of hydrogen-bond donors (Lipinski definition) is 1. The lowest BCUT2D eigenvalue weighted by Gasteiger charge is -2.04. The Morgan fingerprint density at radius 1 is 1.18 bits per heavy atom. The minimum absolute atomic E-state index is 0.161. The van der Waals surface area contributed by atoms with Crippen LogP contribution in [0.4, 0.5) is 5.69 Å². The van der Waals surface area contributed by atoms with Crippen LogP contribution in [-0.4, -0.2) is 12.7 Å². The Balaban J connectivity index is 1.66. The van der Waals surface area contributed by atoms with E-state index in [0.717, 1.165) is 23.4 Å². The number of ether oxygens (including phenoxy) is 2. The Bertz CT molecular complexity index is 722. The maximum atomic E-state index is 12.0. The van der Waals surface area contributed by atoms with Gasteiger partial charge in [0.1, 0.15) is 0 Å². The molecule has 4 heteroatoms. The van der Waals surface area contributed by atoms with Crippen molar-refractivity contribution >= 4 is 17.7 Å². The molecule has 0 saturated carbocycles. The molecule has 1 amide bonds. The molecule has 2 aromatic rings. The van der Waals surface area contributed by atoms with Crippen molar-refractivity contribution in [2.75, 3.05) is 12.1 Å². The fourth-order valence-electron chi connectivity index (χ4n) is 2.24. The first-order valence-electron chi connectivity index (χ1n) is 7.22. The normalized spacial score (nSPS) is 12.6. The van der Waals surface area contributed by atoms with Gasteiger partial charge in [0.25, 0.3) is 0 Å². The van der Waals surface area contributed by atoms with Crippen molar-refractivity contribution in [1.82, 2.24) is 0 Å². The van der Waals surface area contributed by atoms with E-state index in [1.165, 1.54) is 11.6 Å². The predicted molar refractivity (Wildman–Crippen MR) is 86.0 cm³/mol. The Morgan fingerprint density at radius 2 is 2.05 bits per heavy atom. The summed E-state index contributed by atoms with van der Waals surface area (Å²) >= 11 is 0. The van der Waals surface area contributed by atoms with Gasteiger partial charge in [0.05, 0.1) is 0 Å². The number of amides is 1. The molecule has 1 aliphatic rings. The first kappa shape index (κ1) is 14.2. The van der Waals surface area contributed by atoms with Crippen molar-refractivity contribution in [2.45, 2.75) is 13.3 Å². The van der Waals surface area contributed by atoms with E-state index in [0.29, 0.717) is 5.75 Å². The molecule has 0 atom stereocenters. The van der Waals surface area contributed by atoms with Gasteiger partial charge in [-0.25, -0.2) is 0 Å². The zero-order valence-electron chi connectivity index (χ0n) is 12.3. The molecular formula is C18H17NO3. The SMILES string of the molecule is CCc1cccc(NC(=O)/C=C\c2ccc3c(c2)OCO3)c1. The molecule has 22 heavy (non-hydrogen) atoms. The number of rotatable bonds is 4. The molecule has 0 aromatic heterocycles. The van der Waals surface area contributed by atoms with Crippen LogP contribution in [0, 0.1) is 0 Å². The van der Waals surface area contributed by atoms with Crippen LogP contribution in [-0.2, 0) is 11.2 Å². The number of nitrogens with one attached hydrogen (secondary N) is 1. The minimum Gasteiger partial charge on any atom is -0.454 e. The number of anilines is 1. The zero-order chi connectivity index (χ0) is 15.4. The van der Waals surface area contributed by atoms with E-state index in [9.17, 15) is 4.79 Å². The van der Waals surface area contributed by atoms with Gasteiger partial charge in [0.2, 0.25) is 12.7 Å². The highest BCUT2D eigenvalue weighted by molar-refractivity contribution is 6.02. The van der Waals surface area contributed by atoms with E-state index < -0.39 is 0 Å². The van der Waals surface area contributed by atoms with Crippen LogP contribution in [0.3, 0.4) is 0 Å². The molecule has 0 spiro atoms. The third-order valence-corrected chi connectivity index (χ3v) is 3.43. The number of fused-ring (bicyclic) bond motifs is 1. The minimum atomic E-state index is -0.161. The van der Waals surface area contributed by atoms with Gasteiger partial charge in [-0.15, -0.1) is 0 Å². The van der Waals surface area contributed by atoms with E-state index in [1.54, 1.807) is 6.08 Å². The van der Waals surface area contributed by atoms with E-state index >= 15 is 0 Å². The summed E-state index contributed by atoms with van der Waals surface area (Å²) in [4.78, 5) is 12.0. The third kappa shape index (κ3) is 3.28. The van der Waals surface area contributed by atoms with Gasteiger partial charge in [-0.1, -0.05) is 25.1 Å². The second-order valence-electron chi connectivity index (χ2n) is 4.99. The van der Waals surface area contributed by atoms with Crippen LogP contribution < -0.4 is 14.8 Å². The molecule has 1 heterocycles. The molecule has 1 aliphatic heterocycles. The van der Waals surface area contributed by atoms with Gasteiger partial charge in [-0.2, -0.15) is 0 Å². The van der Waals surface area contributed by atoms with Gasteiger partial charge < -0.3 is 14.8 Å². The number of benzene rings is 2. The topological polar surface area (TPSA) is 47.6 Å². The first-order valence-corrected chi connectivity index (χ1v) is 7.22. The van der Waals surface area contributed by atoms with E-state index in [1.807, 2.05) is 42.5 Å². The molecular weight excluding hydrogens is 278 g/mol. The summed E-state index contributed by atoms with van der Waals surface area (Å²) < 4.78 is 10.6. The second-order valence-corrected chi connectivity index (χ2v) is 4.99. The van der Waals surface area contributed by atoms with Crippen molar-refractivity contribution in [3.8, 4) is 11.5 Å². The van der Waals surface area contributed by atoms with Crippen molar-refractivity contribution in [3.63, 3.8) is 0 Å². The van der Waals surface area contributed by atoms with E-state index in [4.69, 9.17) is 9.47 Å². The molecule has 3 rings (SSSR count). The standard InChI is InChI=1S/C18H17NO3/c1-2-13-4-3-5-15(10-13)19-18(20)9-7-14-6-8-16-17(11-14)22-12-21-16/h3-11H,2,12H2,1H3,(H,19,20)/b9-7-. The van der Waals surface area contributed by atoms with Crippen molar-refractivity contribution < 1.29 is 14.3 Å². The average Bonchev–Trinajstić information content (AvgIpc) is 3.00. The number of carbonyl (C=O) groups is 1. The van der Waals surface area contributed by atoms with Crippen LogP contribution in [0.15, 0.2) is 48.5 Å². The number of hydrogen-bond acceptors (Lipinski definition) is 3. The molecule has 112 valence electrons. The highest BCUT2D eigenvalue weighted by Crippen LogP contribution is 2.32. The molecule has 2 aromatic carbocycles. The molecule has 0 unspecified atom stereocenters. The summed E-state index contributed by atoms with van der Waals surface area (Å²) in [5.74, 6) is 1.28. The van der Waals surface area contributed by atoms with Crippen molar-refractivity contribution in [2.24, 2.45) is 0 Å². The van der Waals surface area contributed by atoms with Crippen LogP contribution >= 0.6 is 0 Å². The summed E-state index contributed by atoms with van der Waals surface area (Å²) in [5.41, 5.74) is 2.89. The lowest BCUT2D eigenvalue weighted by molar-refractivity contribution is -0.111.